The Morgan fingerprint density at radius 2 is 2.00 bits per heavy atom. The summed E-state index contributed by atoms with van der Waals surface area (Å²) in [7, 11) is 3.75. The molecule has 3 heterocycles. The number of ether oxygens (including phenoxy) is 1. The first-order valence-electron chi connectivity index (χ1n) is 6.48. The van der Waals surface area contributed by atoms with E-state index >= 15 is 0 Å². The molecule has 3 rings (SSSR count). The Morgan fingerprint density at radius 1 is 1.20 bits per heavy atom. The van der Waals surface area contributed by atoms with Gasteiger partial charge in [0.05, 0.1) is 0 Å². The maximum absolute atomic E-state index is 6.27. The van der Waals surface area contributed by atoms with Gasteiger partial charge in [-0.15, -0.1) is 0 Å². The molecule has 1 aliphatic rings. The fourth-order valence-electron chi connectivity index (χ4n) is 2.40. The van der Waals surface area contributed by atoms with Crippen molar-refractivity contribution in [2.75, 3.05) is 25.6 Å². The van der Waals surface area contributed by atoms with Gasteiger partial charge in [0.25, 0.3) is 0 Å². The van der Waals surface area contributed by atoms with Gasteiger partial charge >= 0.3 is 0 Å². The van der Waals surface area contributed by atoms with Gasteiger partial charge in [0.2, 0.25) is 10.6 Å². The van der Waals surface area contributed by atoms with Crippen LogP contribution in [0, 0.1) is 0 Å². The van der Waals surface area contributed by atoms with Crippen LogP contribution in [0.3, 0.4) is 0 Å². The molecule has 108 valence electrons. The molecule has 0 spiro atoms. The first-order valence-corrected chi connectivity index (χ1v) is 7.23. The van der Waals surface area contributed by atoms with Crippen LogP contribution in [0.25, 0.3) is 11.2 Å². The third-order valence-electron chi connectivity index (χ3n) is 3.32. The Morgan fingerprint density at radius 3 is 2.65 bits per heavy atom. The zero-order chi connectivity index (χ0) is 14.3. The molecular formula is C12H15Cl2N5O. The minimum Gasteiger partial charge on any atom is -0.361 e. The van der Waals surface area contributed by atoms with Crippen LogP contribution in [-0.2, 0) is 4.74 Å². The summed E-state index contributed by atoms with van der Waals surface area (Å²) >= 11 is 12.3. The standard InChI is InChI=1S/C12H15Cl2N5O/c1-18(2)9-8-10(17-11(13)16-9)19(12(14)15-8)7-5-3-4-6-20-7/h7H,3-6H2,1-2H3/t7-/m1/s1. The van der Waals surface area contributed by atoms with E-state index in [1.807, 2.05) is 19.0 Å². The lowest BCUT2D eigenvalue weighted by Gasteiger charge is -2.24. The summed E-state index contributed by atoms with van der Waals surface area (Å²) < 4.78 is 7.58. The predicted molar refractivity (Wildman–Crippen MR) is 78.5 cm³/mol. The summed E-state index contributed by atoms with van der Waals surface area (Å²) in [6.07, 6.45) is 2.92. The number of aromatic nitrogens is 4. The third kappa shape index (κ3) is 2.32. The molecule has 0 aromatic carbocycles. The number of hydrogen-bond acceptors (Lipinski definition) is 5. The minimum atomic E-state index is -0.137. The van der Waals surface area contributed by atoms with Crippen LogP contribution in [0.5, 0.6) is 0 Å². The van der Waals surface area contributed by atoms with Crippen molar-refractivity contribution >= 4 is 40.2 Å². The average molecular weight is 316 g/mol. The quantitative estimate of drug-likeness (QED) is 0.630. The summed E-state index contributed by atoms with van der Waals surface area (Å²) in [5.41, 5.74) is 1.25. The van der Waals surface area contributed by atoms with E-state index in [1.54, 1.807) is 4.57 Å². The van der Waals surface area contributed by atoms with Crippen LogP contribution in [-0.4, -0.2) is 40.2 Å². The summed E-state index contributed by atoms with van der Waals surface area (Å²) in [5.74, 6) is 0.649. The fourth-order valence-corrected chi connectivity index (χ4v) is 2.84. The average Bonchev–Trinajstić information content (AvgIpc) is 2.74. The van der Waals surface area contributed by atoms with Crippen molar-refractivity contribution in [1.29, 1.82) is 0 Å². The molecule has 20 heavy (non-hydrogen) atoms. The van der Waals surface area contributed by atoms with Crippen molar-refractivity contribution in [1.82, 2.24) is 19.5 Å². The highest BCUT2D eigenvalue weighted by atomic mass is 35.5. The Balaban J connectivity index is 2.19. The van der Waals surface area contributed by atoms with Crippen LogP contribution >= 0.6 is 23.2 Å². The first-order chi connectivity index (χ1) is 9.58. The number of halogens is 2. The van der Waals surface area contributed by atoms with Gasteiger partial charge < -0.3 is 9.64 Å². The molecule has 0 saturated carbocycles. The lowest BCUT2D eigenvalue weighted by molar-refractivity contribution is -0.0296. The summed E-state index contributed by atoms with van der Waals surface area (Å²) in [4.78, 5) is 14.7. The van der Waals surface area contributed by atoms with E-state index < -0.39 is 0 Å². The maximum Gasteiger partial charge on any atom is 0.226 e. The van der Waals surface area contributed by atoms with Crippen molar-refractivity contribution in [2.24, 2.45) is 0 Å². The highest BCUT2D eigenvalue weighted by Crippen LogP contribution is 2.33. The monoisotopic (exact) mass is 315 g/mol. The highest BCUT2D eigenvalue weighted by molar-refractivity contribution is 6.30. The van der Waals surface area contributed by atoms with E-state index in [9.17, 15) is 0 Å². The maximum atomic E-state index is 6.27. The van der Waals surface area contributed by atoms with Gasteiger partial charge in [0.1, 0.15) is 6.23 Å². The van der Waals surface area contributed by atoms with Crippen molar-refractivity contribution in [2.45, 2.75) is 25.5 Å². The first kappa shape index (κ1) is 13.9. The molecule has 1 aliphatic heterocycles. The molecule has 8 heteroatoms. The summed E-state index contributed by atoms with van der Waals surface area (Å²) in [5, 5.41) is 0.529. The van der Waals surface area contributed by atoms with Gasteiger partial charge in [-0.2, -0.15) is 9.97 Å². The molecule has 6 nitrogen and oxygen atoms in total. The van der Waals surface area contributed by atoms with Crippen LogP contribution in [0.2, 0.25) is 10.6 Å². The molecule has 1 saturated heterocycles. The second kappa shape index (κ2) is 5.35. The highest BCUT2D eigenvalue weighted by Gasteiger charge is 2.24. The fraction of sp³-hybridized carbons (Fsp3) is 0.583. The Hall–Kier alpha value is -1.11. The van der Waals surface area contributed by atoms with Crippen molar-refractivity contribution < 1.29 is 4.74 Å². The van der Waals surface area contributed by atoms with Crippen LogP contribution in [0.4, 0.5) is 5.82 Å². The zero-order valence-electron chi connectivity index (χ0n) is 11.3. The molecule has 0 bridgehead atoms. The normalized spacial score (nSPS) is 19.5. The number of rotatable bonds is 2. The Labute approximate surface area is 126 Å². The molecular weight excluding hydrogens is 301 g/mol. The van der Waals surface area contributed by atoms with Crippen LogP contribution < -0.4 is 4.90 Å². The zero-order valence-corrected chi connectivity index (χ0v) is 12.8. The predicted octanol–water partition coefficient (Wildman–Crippen LogP) is 2.90. The smallest absolute Gasteiger partial charge is 0.226 e. The summed E-state index contributed by atoms with van der Waals surface area (Å²) in [6, 6.07) is 0. The van der Waals surface area contributed by atoms with Gasteiger partial charge in [0.15, 0.2) is 17.0 Å². The van der Waals surface area contributed by atoms with E-state index in [2.05, 4.69) is 15.0 Å². The number of hydrogen-bond donors (Lipinski definition) is 0. The molecule has 0 aliphatic carbocycles. The third-order valence-corrected chi connectivity index (χ3v) is 3.75. The molecule has 0 radical (unpaired) electrons. The van der Waals surface area contributed by atoms with Gasteiger partial charge in [-0.05, 0) is 42.5 Å². The van der Waals surface area contributed by atoms with E-state index in [0.717, 1.165) is 25.9 Å². The van der Waals surface area contributed by atoms with Crippen molar-refractivity contribution in [3.63, 3.8) is 0 Å². The van der Waals surface area contributed by atoms with E-state index in [-0.39, 0.29) is 11.5 Å². The molecule has 0 amide bonds. The molecule has 2 aromatic heterocycles. The number of fused-ring (bicyclic) bond motifs is 1. The summed E-state index contributed by atoms with van der Waals surface area (Å²) in [6.45, 7) is 0.722. The molecule has 0 N–H and O–H groups in total. The molecule has 2 aromatic rings. The Kier molecular flexibility index (Phi) is 3.70. The molecule has 0 unspecified atom stereocenters. The molecule has 1 fully saturated rings. The van der Waals surface area contributed by atoms with Crippen molar-refractivity contribution in [3.05, 3.63) is 10.6 Å². The van der Waals surface area contributed by atoms with Gasteiger partial charge in [0, 0.05) is 20.7 Å². The van der Waals surface area contributed by atoms with E-state index in [4.69, 9.17) is 27.9 Å². The second-order valence-electron chi connectivity index (χ2n) is 4.95. The molecule has 1 atom stereocenters. The second-order valence-corrected chi connectivity index (χ2v) is 5.63. The number of anilines is 1. The minimum absolute atomic E-state index is 0.137. The lowest BCUT2D eigenvalue weighted by atomic mass is 10.2. The number of nitrogens with zero attached hydrogens (tertiary/aromatic N) is 5. The van der Waals surface area contributed by atoms with Gasteiger partial charge in [-0.1, -0.05) is 0 Å². The number of imidazole rings is 1. The van der Waals surface area contributed by atoms with Crippen LogP contribution in [0.1, 0.15) is 25.5 Å². The SMILES string of the molecule is CN(C)c1nc(Cl)nc2c1nc(Cl)n2[C@H]1CCCCO1. The Bertz CT molecular complexity index is 636. The van der Waals surface area contributed by atoms with Gasteiger partial charge in [-0.25, -0.2) is 4.98 Å². The largest absolute Gasteiger partial charge is 0.361 e. The van der Waals surface area contributed by atoms with Gasteiger partial charge in [-0.3, -0.25) is 4.57 Å². The van der Waals surface area contributed by atoms with E-state index in [0.29, 0.717) is 22.3 Å². The lowest BCUT2D eigenvalue weighted by Crippen LogP contribution is -2.19. The topological polar surface area (TPSA) is 56.1 Å². The van der Waals surface area contributed by atoms with Crippen molar-refractivity contribution in [3.8, 4) is 0 Å². The van der Waals surface area contributed by atoms with Crippen LogP contribution in [0.15, 0.2) is 0 Å². The van der Waals surface area contributed by atoms with E-state index in [1.165, 1.54) is 0 Å².